The molecule has 1 amide bonds. The van der Waals surface area contributed by atoms with Gasteiger partial charge in [0.2, 0.25) is 5.91 Å². The van der Waals surface area contributed by atoms with Gasteiger partial charge in [0.05, 0.1) is 10.9 Å². The standard InChI is InChI=1S/C19H21NO3S/c1-14-4-6-16(7-5-14)8-13-19(21)20-15(2)17-9-11-18(12-10-17)24(3,22)23/h4-13,15H,1-3H3,(H,20,21)/b13-8+/t15-/m1/s1. The number of amides is 1. The fourth-order valence-electron chi connectivity index (χ4n) is 2.20. The molecule has 24 heavy (non-hydrogen) atoms. The molecule has 0 aliphatic rings. The Labute approximate surface area is 143 Å². The maximum absolute atomic E-state index is 12.0. The van der Waals surface area contributed by atoms with Crippen molar-refractivity contribution in [2.24, 2.45) is 0 Å². The molecule has 1 N–H and O–H groups in total. The van der Waals surface area contributed by atoms with Gasteiger partial charge in [0.25, 0.3) is 0 Å². The van der Waals surface area contributed by atoms with E-state index in [9.17, 15) is 13.2 Å². The van der Waals surface area contributed by atoms with Gasteiger partial charge in [-0.25, -0.2) is 8.42 Å². The molecule has 1 atom stereocenters. The Morgan fingerprint density at radius 3 is 2.17 bits per heavy atom. The molecule has 0 saturated heterocycles. The maximum atomic E-state index is 12.0. The van der Waals surface area contributed by atoms with E-state index in [1.165, 1.54) is 17.9 Å². The second kappa shape index (κ2) is 7.45. The van der Waals surface area contributed by atoms with E-state index in [0.717, 1.165) is 11.1 Å². The van der Waals surface area contributed by atoms with E-state index in [4.69, 9.17) is 0 Å². The van der Waals surface area contributed by atoms with Crippen molar-refractivity contribution >= 4 is 21.8 Å². The topological polar surface area (TPSA) is 63.2 Å². The summed E-state index contributed by atoms with van der Waals surface area (Å²) >= 11 is 0. The van der Waals surface area contributed by atoms with Crippen LogP contribution in [0.1, 0.15) is 29.7 Å². The summed E-state index contributed by atoms with van der Waals surface area (Å²) in [6.45, 7) is 3.87. The Hall–Kier alpha value is -2.40. The summed E-state index contributed by atoms with van der Waals surface area (Å²) in [5.41, 5.74) is 2.98. The predicted molar refractivity (Wildman–Crippen MR) is 96.3 cm³/mol. The summed E-state index contributed by atoms with van der Waals surface area (Å²) < 4.78 is 22.9. The van der Waals surface area contributed by atoms with Crippen LogP contribution in [-0.4, -0.2) is 20.6 Å². The number of carbonyl (C=O) groups is 1. The number of sulfone groups is 1. The Bertz CT molecular complexity index is 835. The fraction of sp³-hybridized carbons (Fsp3) is 0.211. The maximum Gasteiger partial charge on any atom is 0.244 e. The summed E-state index contributed by atoms with van der Waals surface area (Å²) in [6, 6.07) is 14.2. The van der Waals surface area contributed by atoms with Crippen LogP contribution in [0.5, 0.6) is 0 Å². The molecule has 5 heteroatoms. The van der Waals surface area contributed by atoms with E-state index >= 15 is 0 Å². The highest BCUT2D eigenvalue weighted by Gasteiger charge is 2.10. The van der Waals surface area contributed by atoms with Gasteiger partial charge in [-0.15, -0.1) is 0 Å². The Kier molecular flexibility index (Phi) is 5.57. The molecule has 0 aliphatic heterocycles. The second-order valence-corrected chi connectivity index (χ2v) is 7.83. The minimum atomic E-state index is -3.21. The molecular weight excluding hydrogens is 322 g/mol. The number of hydrogen-bond acceptors (Lipinski definition) is 3. The number of carbonyl (C=O) groups excluding carboxylic acids is 1. The molecule has 0 bridgehead atoms. The lowest BCUT2D eigenvalue weighted by Crippen LogP contribution is -2.24. The van der Waals surface area contributed by atoms with Gasteiger partial charge in [0.15, 0.2) is 9.84 Å². The molecule has 4 nitrogen and oxygen atoms in total. The molecule has 126 valence electrons. The van der Waals surface area contributed by atoms with E-state index in [0.29, 0.717) is 0 Å². The van der Waals surface area contributed by atoms with Crippen molar-refractivity contribution in [3.8, 4) is 0 Å². The van der Waals surface area contributed by atoms with Gasteiger partial charge >= 0.3 is 0 Å². The van der Waals surface area contributed by atoms with Crippen molar-refractivity contribution in [3.05, 3.63) is 71.3 Å². The molecule has 0 unspecified atom stereocenters. The molecule has 0 radical (unpaired) electrons. The van der Waals surface area contributed by atoms with Crippen LogP contribution in [0.2, 0.25) is 0 Å². The molecule has 0 spiro atoms. The number of aryl methyl sites for hydroxylation is 1. The summed E-state index contributed by atoms with van der Waals surface area (Å²) in [7, 11) is -3.21. The molecule has 0 heterocycles. The third-order valence-corrected chi connectivity index (χ3v) is 4.80. The van der Waals surface area contributed by atoms with E-state index in [2.05, 4.69) is 5.32 Å². The summed E-state index contributed by atoms with van der Waals surface area (Å²) in [5, 5.41) is 2.86. The van der Waals surface area contributed by atoms with Gasteiger partial charge in [-0.1, -0.05) is 42.0 Å². The summed E-state index contributed by atoms with van der Waals surface area (Å²) in [4.78, 5) is 12.3. The lowest BCUT2D eigenvalue weighted by molar-refractivity contribution is -0.117. The van der Waals surface area contributed by atoms with Gasteiger partial charge in [-0.2, -0.15) is 0 Å². The quantitative estimate of drug-likeness (QED) is 0.847. The lowest BCUT2D eigenvalue weighted by atomic mass is 10.1. The highest BCUT2D eigenvalue weighted by atomic mass is 32.2. The molecule has 2 aromatic rings. The third kappa shape index (κ3) is 5.06. The fourth-order valence-corrected chi connectivity index (χ4v) is 2.83. The minimum Gasteiger partial charge on any atom is -0.346 e. The number of hydrogen-bond donors (Lipinski definition) is 1. The first-order chi connectivity index (χ1) is 11.3. The van der Waals surface area contributed by atoms with Crippen LogP contribution < -0.4 is 5.32 Å². The second-order valence-electron chi connectivity index (χ2n) is 5.82. The number of rotatable bonds is 5. The molecular formula is C19H21NO3S. The van der Waals surface area contributed by atoms with Gasteiger partial charge in [0, 0.05) is 12.3 Å². The third-order valence-electron chi connectivity index (χ3n) is 3.67. The van der Waals surface area contributed by atoms with Crippen LogP contribution in [-0.2, 0) is 14.6 Å². The van der Waals surface area contributed by atoms with Crippen molar-refractivity contribution in [2.75, 3.05) is 6.26 Å². The summed E-state index contributed by atoms with van der Waals surface area (Å²) in [6.07, 6.45) is 4.42. The molecule has 0 saturated carbocycles. The van der Waals surface area contributed by atoms with Crippen molar-refractivity contribution in [1.29, 1.82) is 0 Å². The summed E-state index contributed by atoms with van der Waals surface area (Å²) in [5.74, 6) is -0.199. The lowest BCUT2D eigenvalue weighted by Gasteiger charge is -2.13. The average Bonchev–Trinajstić information content (AvgIpc) is 2.53. The number of benzene rings is 2. The van der Waals surface area contributed by atoms with E-state index in [-0.39, 0.29) is 16.8 Å². The van der Waals surface area contributed by atoms with E-state index in [1.54, 1.807) is 30.3 Å². The van der Waals surface area contributed by atoms with Crippen molar-refractivity contribution < 1.29 is 13.2 Å². The van der Waals surface area contributed by atoms with Crippen molar-refractivity contribution in [1.82, 2.24) is 5.32 Å². The predicted octanol–water partition coefficient (Wildman–Crippen LogP) is 3.29. The SMILES string of the molecule is Cc1ccc(/C=C/C(=O)N[C@H](C)c2ccc(S(C)(=O)=O)cc2)cc1. The zero-order chi connectivity index (χ0) is 17.7. The first-order valence-electron chi connectivity index (χ1n) is 7.61. The Morgan fingerprint density at radius 2 is 1.62 bits per heavy atom. The van der Waals surface area contributed by atoms with Crippen LogP contribution in [0, 0.1) is 6.92 Å². The minimum absolute atomic E-state index is 0.199. The monoisotopic (exact) mass is 343 g/mol. The zero-order valence-electron chi connectivity index (χ0n) is 14.0. The van der Waals surface area contributed by atoms with Gasteiger partial charge in [-0.3, -0.25) is 4.79 Å². The molecule has 0 aromatic heterocycles. The smallest absolute Gasteiger partial charge is 0.244 e. The van der Waals surface area contributed by atoms with Crippen molar-refractivity contribution in [2.45, 2.75) is 24.8 Å². The van der Waals surface area contributed by atoms with Gasteiger partial charge in [-0.05, 0) is 43.2 Å². The highest BCUT2D eigenvalue weighted by molar-refractivity contribution is 7.90. The van der Waals surface area contributed by atoms with Crippen LogP contribution in [0.3, 0.4) is 0 Å². The largest absolute Gasteiger partial charge is 0.346 e. The molecule has 2 rings (SSSR count). The highest BCUT2D eigenvalue weighted by Crippen LogP contribution is 2.16. The van der Waals surface area contributed by atoms with Crippen LogP contribution in [0.4, 0.5) is 0 Å². The van der Waals surface area contributed by atoms with Gasteiger partial charge in [0.1, 0.15) is 0 Å². The molecule has 0 aliphatic carbocycles. The normalized spacial score (nSPS) is 13.0. The first-order valence-corrected chi connectivity index (χ1v) is 9.50. The molecule has 0 fully saturated rings. The zero-order valence-corrected chi connectivity index (χ0v) is 14.8. The van der Waals surface area contributed by atoms with E-state index in [1.807, 2.05) is 38.1 Å². The van der Waals surface area contributed by atoms with Crippen LogP contribution in [0.25, 0.3) is 6.08 Å². The van der Waals surface area contributed by atoms with Gasteiger partial charge < -0.3 is 5.32 Å². The Morgan fingerprint density at radius 1 is 1.04 bits per heavy atom. The average molecular weight is 343 g/mol. The van der Waals surface area contributed by atoms with Crippen molar-refractivity contribution in [3.63, 3.8) is 0 Å². The Balaban J connectivity index is 1.99. The number of nitrogens with one attached hydrogen (secondary N) is 1. The van der Waals surface area contributed by atoms with Crippen LogP contribution >= 0.6 is 0 Å². The first kappa shape index (κ1) is 17.9. The van der Waals surface area contributed by atoms with Crippen LogP contribution in [0.15, 0.2) is 59.5 Å². The molecule has 2 aromatic carbocycles. The van der Waals surface area contributed by atoms with E-state index < -0.39 is 9.84 Å².